The molecule has 0 aliphatic rings. The summed E-state index contributed by atoms with van der Waals surface area (Å²) >= 11 is 5.69. The predicted octanol–water partition coefficient (Wildman–Crippen LogP) is 2.71. The van der Waals surface area contributed by atoms with Crippen molar-refractivity contribution in [2.24, 2.45) is 4.99 Å². The van der Waals surface area contributed by atoms with Crippen LogP contribution in [0.5, 0.6) is 0 Å². The Balaban J connectivity index is 3.00. The summed E-state index contributed by atoms with van der Waals surface area (Å²) in [5.74, 6) is 0. The van der Waals surface area contributed by atoms with E-state index in [9.17, 15) is 0 Å². The molecule has 0 fully saturated rings. The van der Waals surface area contributed by atoms with Crippen LogP contribution in [0.1, 0.15) is 19.4 Å². The van der Waals surface area contributed by atoms with E-state index in [0.717, 1.165) is 5.56 Å². The molecule has 1 aromatic heterocycles. The number of hydrogen-bond acceptors (Lipinski definition) is 2. The second-order valence-corrected chi connectivity index (χ2v) is 3.87. The van der Waals surface area contributed by atoms with Crippen molar-refractivity contribution in [1.82, 2.24) is 4.98 Å². The number of hydrogen-bond donors (Lipinski definition) is 0. The molecule has 0 aliphatic carbocycles. The summed E-state index contributed by atoms with van der Waals surface area (Å²) < 4.78 is 0. The number of rotatable bonds is 2. The Labute approximate surface area is 83.7 Å². The zero-order valence-corrected chi connectivity index (χ0v) is 8.84. The van der Waals surface area contributed by atoms with Crippen molar-refractivity contribution in [3.05, 3.63) is 29.0 Å². The molecule has 13 heavy (non-hydrogen) atoms. The molecule has 0 N–H and O–H groups in total. The highest BCUT2D eigenvalue weighted by molar-refractivity contribution is 6.29. The maximum absolute atomic E-state index is 5.69. The van der Waals surface area contributed by atoms with Crippen molar-refractivity contribution in [3.63, 3.8) is 0 Å². The fourth-order valence-corrected chi connectivity index (χ4v) is 1.27. The SMILES string of the molecule is C/N=C\C(C)(C)c1ccc(Cl)nc1. The van der Waals surface area contributed by atoms with Crippen molar-refractivity contribution in [2.45, 2.75) is 19.3 Å². The van der Waals surface area contributed by atoms with Crippen LogP contribution < -0.4 is 0 Å². The zero-order chi connectivity index (χ0) is 9.90. The lowest BCUT2D eigenvalue weighted by Gasteiger charge is -2.18. The molecule has 1 heterocycles. The van der Waals surface area contributed by atoms with Crippen LogP contribution in [-0.2, 0) is 5.41 Å². The van der Waals surface area contributed by atoms with Crippen molar-refractivity contribution in [1.29, 1.82) is 0 Å². The summed E-state index contributed by atoms with van der Waals surface area (Å²) in [6, 6.07) is 3.76. The van der Waals surface area contributed by atoms with Gasteiger partial charge in [-0.25, -0.2) is 4.98 Å². The lowest BCUT2D eigenvalue weighted by atomic mass is 9.87. The van der Waals surface area contributed by atoms with Gasteiger partial charge < -0.3 is 0 Å². The fourth-order valence-electron chi connectivity index (χ4n) is 1.15. The minimum absolute atomic E-state index is 0.0770. The van der Waals surface area contributed by atoms with Gasteiger partial charge in [-0.05, 0) is 11.6 Å². The summed E-state index contributed by atoms with van der Waals surface area (Å²) in [6.45, 7) is 4.18. The second kappa shape index (κ2) is 3.88. The first-order valence-corrected chi connectivity index (χ1v) is 4.49. The van der Waals surface area contributed by atoms with Gasteiger partial charge >= 0.3 is 0 Å². The zero-order valence-electron chi connectivity index (χ0n) is 8.08. The van der Waals surface area contributed by atoms with Gasteiger partial charge in [-0.1, -0.05) is 31.5 Å². The van der Waals surface area contributed by atoms with Crippen LogP contribution in [0.25, 0.3) is 0 Å². The number of aromatic nitrogens is 1. The number of pyridine rings is 1. The number of nitrogens with zero attached hydrogens (tertiary/aromatic N) is 2. The Hall–Kier alpha value is -0.890. The number of aliphatic imine (C=N–C) groups is 1. The molecular formula is C10H13ClN2. The van der Waals surface area contributed by atoms with Gasteiger partial charge in [0.05, 0.1) is 0 Å². The van der Waals surface area contributed by atoms with Gasteiger partial charge in [0.1, 0.15) is 5.15 Å². The Morgan fingerprint density at radius 1 is 1.46 bits per heavy atom. The molecule has 0 atom stereocenters. The molecule has 0 amide bonds. The third kappa shape index (κ3) is 2.52. The smallest absolute Gasteiger partial charge is 0.129 e. The molecule has 2 nitrogen and oxygen atoms in total. The highest BCUT2D eigenvalue weighted by Crippen LogP contribution is 2.20. The fraction of sp³-hybridized carbons (Fsp3) is 0.400. The quantitative estimate of drug-likeness (QED) is 0.528. The summed E-state index contributed by atoms with van der Waals surface area (Å²) in [5, 5.41) is 0.521. The summed E-state index contributed by atoms with van der Waals surface area (Å²) in [5.41, 5.74) is 1.04. The van der Waals surface area contributed by atoms with Gasteiger partial charge in [0.15, 0.2) is 0 Å². The molecule has 1 rings (SSSR count). The van der Waals surface area contributed by atoms with E-state index in [1.807, 2.05) is 12.3 Å². The highest BCUT2D eigenvalue weighted by atomic mass is 35.5. The summed E-state index contributed by atoms with van der Waals surface area (Å²) in [7, 11) is 1.77. The van der Waals surface area contributed by atoms with Gasteiger partial charge in [-0.15, -0.1) is 0 Å². The van der Waals surface area contributed by atoms with Gasteiger partial charge in [0, 0.05) is 24.9 Å². The van der Waals surface area contributed by atoms with Gasteiger partial charge in [0.25, 0.3) is 0 Å². The van der Waals surface area contributed by atoms with Crippen LogP contribution in [0.3, 0.4) is 0 Å². The molecule has 0 saturated heterocycles. The molecular weight excluding hydrogens is 184 g/mol. The minimum atomic E-state index is -0.0770. The monoisotopic (exact) mass is 196 g/mol. The topological polar surface area (TPSA) is 25.2 Å². The summed E-state index contributed by atoms with van der Waals surface area (Å²) in [6.07, 6.45) is 3.68. The Morgan fingerprint density at radius 3 is 2.62 bits per heavy atom. The first-order chi connectivity index (χ1) is 6.06. The van der Waals surface area contributed by atoms with Crippen LogP contribution in [0.4, 0.5) is 0 Å². The van der Waals surface area contributed by atoms with Crippen molar-refractivity contribution in [2.75, 3.05) is 7.05 Å². The van der Waals surface area contributed by atoms with E-state index in [1.54, 1.807) is 19.3 Å². The molecule has 0 aliphatic heterocycles. The van der Waals surface area contributed by atoms with Gasteiger partial charge in [-0.2, -0.15) is 0 Å². The molecule has 0 aromatic carbocycles. The van der Waals surface area contributed by atoms with Crippen LogP contribution in [0, 0.1) is 0 Å². The van der Waals surface area contributed by atoms with E-state index < -0.39 is 0 Å². The lowest BCUT2D eigenvalue weighted by Crippen LogP contribution is -2.18. The molecule has 3 heteroatoms. The Morgan fingerprint density at radius 2 is 2.15 bits per heavy atom. The average molecular weight is 197 g/mol. The van der Waals surface area contributed by atoms with Crippen molar-refractivity contribution in [3.8, 4) is 0 Å². The standard InChI is InChI=1S/C10H13ClN2/c1-10(2,7-12-3)8-4-5-9(11)13-6-8/h4-7H,1-3H3/b12-7-. The Bertz CT molecular complexity index is 301. The predicted molar refractivity (Wildman–Crippen MR) is 56.7 cm³/mol. The van der Waals surface area contributed by atoms with Crippen LogP contribution in [-0.4, -0.2) is 18.2 Å². The van der Waals surface area contributed by atoms with Gasteiger partial charge in [0.2, 0.25) is 0 Å². The van der Waals surface area contributed by atoms with E-state index in [-0.39, 0.29) is 5.41 Å². The average Bonchev–Trinajstić information content (AvgIpc) is 2.05. The molecule has 1 aromatic rings. The Kier molecular flexibility index (Phi) is 3.04. The van der Waals surface area contributed by atoms with E-state index in [2.05, 4.69) is 23.8 Å². The van der Waals surface area contributed by atoms with Crippen LogP contribution >= 0.6 is 11.6 Å². The third-order valence-corrected chi connectivity index (χ3v) is 2.15. The van der Waals surface area contributed by atoms with Crippen molar-refractivity contribution >= 4 is 17.8 Å². The third-order valence-electron chi connectivity index (χ3n) is 1.92. The van der Waals surface area contributed by atoms with E-state index in [0.29, 0.717) is 5.15 Å². The number of halogens is 1. The summed E-state index contributed by atoms with van der Waals surface area (Å²) in [4.78, 5) is 8.05. The molecule has 0 radical (unpaired) electrons. The molecule has 0 bridgehead atoms. The normalized spacial score (nSPS) is 12.3. The highest BCUT2D eigenvalue weighted by Gasteiger charge is 2.17. The molecule has 0 saturated carbocycles. The first-order valence-electron chi connectivity index (χ1n) is 4.11. The first kappa shape index (κ1) is 10.2. The van der Waals surface area contributed by atoms with E-state index in [1.165, 1.54) is 0 Å². The van der Waals surface area contributed by atoms with Crippen LogP contribution in [0.2, 0.25) is 5.15 Å². The van der Waals surface area contributed by atoms with Crippen LogP contribution in [0.15, 0.2) is 23.3 Å². The molecule has 0 spiro atoms. The molecule has 0 unspecified atom stereocenters. The maximum atomic E-state index is 5.69. The van der Waals surface area contributed by atoms with Gasteiger partial charge in [-0.3, -0.25) is 4.99 Å². The lowest BCUT2D eigenvalue weighted by molar-refractivity contribution is 0.729. The minimum Gasteiger partial charge on any atom is -0.300 e. The van der Waals surface area contributed by atoms with Crippen molar-refractivity contribution < 1.29 is 0 Å². The van der Waals surface area contributed by atoms with E-state index in [4.69, 9.17) is 11.6 Å². The molecule has 70 valence electrons. The largest absolute Gasteiger partial charge is 0.300 e. The second-order valence-electron chi connectivity index (χ2n) is 3.48. The maximum Gasteiger partial charge on any atom is 0.129 e. The van der Waals surface area contributed by atoms with E-state index >= 15 is 0 Å².